The summed E-state index contributed by atoms with van der Waals surface area (Å²) < 4.78 is 6.04. The van der Waals surface area contributed by atoms with E-state index in [1.165, 1.54) is 0 Å². The molecule has 1 saturated carbocycles. The summed E-state index contributed by atoms with van der Waals surface area (Å²) in [6.45, 7) is 0.623. The van der Waals surface area contributed by atoms with Crippen molar-refractivity contribution in [3.8, 4) is 5.75 Å². The third-order valence-electron chi connectivity index (χ3n) is 3.64. The predicted octanol–water partition coefficient (Wildman–Crippen LogP) is 3.79. The van der Waals surface area contributed by atoms with Crippen LogP contribution in [0.1, 0.15) is 37.7 Å². The molecule has 1 fully saturated rings. The average Bonchev–Trinajstić information content (AvgIpc) is 2.59. The van der Waals surface area contributed by atoms with Gasteiger partial charge in [0.15, 0.2) is 0 Å². The standard InChI is InChI=1S/C15H21Cl2NO2/c1-18-9-10-7-11(16)8-12(17)15(10)20-14-6-4-2-3-5-13(14)19/h7-8,13-14,18-19H,2-6,9H2,1H3. The van der Waals surface area contributed by atoms with Crippen molar-refractivity contribution in [3.63, 3.8) is 0 Å². The van der Waals surface area contributed by atoms with Crippen molar-refractivity contribution in [2.24, 2.45) is 0 Å². The van der Waals surface area contributed by atoms with Crippen LogP contribution in [0, 0.1) is 0 Å². The first kappa shape index (κ1) is 15.9. The topological polar surface area (TPSA) is 41.5 Å². The molecule has 2 rings (SSSR count). The van der Waals surface area contributed by atoms with Crippen LogP contribution in [0.4, 0.5) is 0 Å². The molecule has 1 aromatic carbocycles. The van der Waals surface area contributed by atoms with E-state index in [0.29, 0.717) is 22.3 Å². The van der Waals surface area contributed by atoms with Crippen molar-refractivity contribution < 1.29 is 9.84 Å². The summed E-state index contributed by atoms with van der Waals surface area (Å²) in [6.07, 6.45) is 4.32. The maximum absolute atomic E-state index is 10.2. The van der Waals surface area contributed by atoms with E-state index in [-0.39, 0.29) is 6.10 Å². The molecule has 0 spiro atoms. The number of hydrogen-bond acceptors (Lipinski definition) is 3. The van der Waals surface area contributed by atoms with Gasteiger partial charge in [-0.25, -0.2) is 0 Å². The second-order valence-corrected chi connectivity index (χ2v) is 6.11. The third-order valence-corrected chi connectivity index (χ3v) is 4.14. The van der Waals surface area contributed by atoms with Gasteiger partial charge in [-0.05, 0) is 38.4 Å². The fourth-order valence-electron chi connectivity index (χ4n) is 2.61. The molecule has 0 radical (unpaired) electrons. The molecule has 2 N–H and O–H groups in total. The largest absolute Gasteiger partial charge is 0.486 e. The first-order valence-electron chi connectivity index (χ1n) is 7.09. The SMILES string of the molecule is CNCc1cc(Cl)cc(Cl)c1OC1CCCCCC1O. The highest BCUT2D eigenvalue weighted by molar-refractivity contribution is 6.35. The molecule has 0 amide bonds. The van der Waals surface area contributed by atoms with E-state index in [4.69, 9.17) is 27.9 Å². The monoisotopic (exact) mass is 317 g/mol. The van der Waals surface area contributed by atoms with Gasteiger partial charge in [-0.2, -0.15) is 0 Å². The van der Waals surface area contributed by atoms with Gasteiger partial charge in [0, 0.05) is 17.1 Å². The third kappa shape index (κ3) is 4.01. The van der Waals surface area contributed by atoms with Crippen molar-refractivity contribution in [1.82, 2.24) is 5.32 Å². The van der Waals surface area contributed by atoms with Gasteiger partial charge < -0.3 is 15.2 Å². The summed E-state index contributed by atoms with van der Waals surface area (Å²) in [5.41, 5.74) is 0.918. The highest BCUT2D eigenvalue weighted by Crippen LogP contribution is 2.35. The smallest absolute Gasteiger partial charge is 0.143 e. The van der Waals surface area contributed by atoms with Gasteiger partial charge in [-0.15, -0.1) is 0 Å². The molecule has 3 nitrogen and oxygen atoms in total. The van der Waals surface area contributed by atoms with Crippen molar-refractivity contribution in [3.05, 3.63) is 27.7 Å². The first-order chi connectivity index (χ1) is 9.61. The van der Waals surface area contributed by atoms with Crippen molar-refractivity contribution >= 4 is 23.2 Å². The minimum Gasteiger partial charge on any atom is -0.486 e. The molecule has 1 aliphatic carbocycles. The van der Waals surface area contributed by atoms with Crippen LogP contribution in [0.25, 0.3) is 0 Å². The Balaban J connectivity index is 2.22. The molecule has 0 saturated heterocycles. The zero-order chi connectivity index (χ0) is 14.5. The molecule has 2 atom stereocenters. The van der Waals surface area contributed by atoms with E-state index in [1.807, 2.05) is 13.1 Å². The van der Waals surface area contributed by atoms with Gasteiger partial charge in [0.05, 0.1) is 11.1 Å². The summed E-state index contributed by atoms with van der Waals surface area (Å²) in [5.74, 6) is 0.636. The number of aliphatic hydroxyl groups is 1. The highest BCUT2D eigenvalue weighted by atomic mass is 35.5. The Kier molecular flexibility index (Phi) is 5.97. The van der Waals surface area contributed by atoms with Gasteiger partial charge in [0.1, 0.15) is 11.9 Å². The van der Waals surface area contributed by atoms with E-state index in [1.54, 1.807) is 6.07 Å². The van der Waals surface area contributed by atoms with Crippen LogP contribution in [0.3, 0.4) is 0 Å². The number of benzene rings is 1. The average molecular weight is 318 g/mol. The first-order valence-corrected chi connectivity index (χ1v) is 7.84. The second kappa shape index (κ2) is 7.51. The van der Waals surface area contributed by atoms with E-state index in [9.17, 15) is 5.11 Å². The summed E-state index contributed by atoms with van der Waals surface area (Å²) in [6, 6.07) is 3.53. The van der Waals surface area contributed by atoms with E-state index in [2.05, 4.69) is 5.32 Å². The maximum Gasteiger partial charge on any atom is 0.143 e. The van der Waals surface area contributed by atoms with Gasteiger partial charge in [-0.3, -0.25) is 0 Å². The van der Waals surface area contributed by atoms with Crippen LogP contribution in [-0.4, -0.2) is 24.4 Å². The Hall–Kier alpha value is -0.480. The van der Waals surface area contributed by atoms with Gasteiger partial charge in [-0.1, -0.05) is 36.0 Å². The predicted molar refractivity (Wildman–Crippen MR) is 82.7 cm³/mol. The minimum atomic E-state index is -0.424. The number of nitrogens with one attached hydrogen (secondary N) is 1. The zero-order valence-electron chi connectivity index (χ0n) is 11.7. The molecular formula is C15H21Cl2NO2. The number of rotatable bonds is 4. The fraction of sp³-hybridized carbons (Fsp3) is 0.600. The van der Waals surface area contributed by atoms with Crippen LogP contribution in [-0.2, 0) is 6.54 Å². The van der Waals surface area contributed by atoms with E-state index in [0.717, 1.165) is 37.7 Å². The molecule has 0 aromatic heterocycles. The van der Waals surface area contributed by atoms with Crippen LogP contribution in [0.15, 0.2) is 12.1 Å². The zero-order valence-corrected chi connectivity index (χ0v) is 13.2. The molecule has 2 unspecified atom stereocenters. The highest BCUT2D eigenvalue weighted by Gasteiger charge is 2.25. The van der Waals surface area contributed by atoms with Gasteiger partial charge >= 0.3 is 0 Å². The Bertz CT molecular complexity index is 454. The lowest BCUT2D eigenvalue weighted by molar-refractivity contribution is 0.0314. The van der Waals surface area contributed by atoms with Crippen molar-refractivity contribution in [2.45, 2.75) is 50.9 Å². The Labute approximate surface area is 130 Å². The Morgan fingerprint density at radius 1 is 1.25 bits per heavy atom. The summed E-state index contributed by atoms with van der Waals surface area (Å²) >= 11 is 12.3. The van der Waals surface area contributed by atoms with Crippen molar-refractivity contribution in [2.75, 3.05) is 7.05 Å². The maximum atomic E-state index is 10.2. The van der Waals surface area contributed by atoms with Crippen LogP contribution < -0.4 is 10.1 Å². The lowest BCUT2D eigenvalue weighted by atomic mass is 10.1. The normalized spacial score (nSPS) is 23.4. The molecule has 0 aliphatic heterocycles. The molecule has 5 heteroatoms. The summed E-state index contributed by atoms with van der Waals surface area (Å²) in [5, 5.41) is 14.3. The van der Waals surface area contributed by atoms with Crippen LogP contribution in [0.2, 0.25) is 10.0 Å². The second-order valence-electron chi connectivity index (χ2n) is 5.27. The van der Waals surface area contributed by atoms with E-state index < -0.39 is 6.10 Å². The quantitative estimate of drug-likeness (QED) is 0.830. The summed E-state index contributed by atoms with van der Waals surface area (Å²) in [7, 11) is 1.86. The number of ether oxygens (including phenoxy) is 1. The van der Waals surface area contributed by atoms with Gasteiger partial charge in [0.2, 0.25) is 0 Å². The molecule has 20 heavy (non-hydrogen) atoms. The van der Waals surface area contributed by atoms with Crippen LogP contribution >= 0.6 is 23.2 Å². The molecular weight excluding hydrogens is 297 g/mol. The lowest BCUT2D eigenvalue weighted by Crippen LogP contribution is -2.31. The Morgan fingerprint density at radius 2 is 2.00 bits per heavy atom. The molecule has 0 heterocycles. The molecule has 0 bridgehead atoms. The number of halogens is 2. The van der Waals surface area contributed by atoms with Crippen molar-refractivity contribution in [1.29, 1.82) is 0 Å². The molecule has 1 aliphatic rings. The molecule has 1 aromatic rings. The van der Waals surface area contributed by atoms with Gasteiger partial charge in [0.25, 0.3) is 0 Å². The lowest BCUT2D eigenvalue weighted by Gasteiger charge is -2.24. The van der Waals surface area contributed by atoms with E-state index >= 15 is 0 Å². The summed E-state index contributed by atoms with van der Waals surface area (Å²) in [4.78, 5) is 0. The minimum absolute atomic E-state index is 0.188. The Morgan fingerprint density at radius 3 is 2.75 bits per heavy atom. The fourth-order valence-corrected chi connectivity index (χ4v) is 3.19. The number of hydrogen-bond donors (Lipinski definition) is 2. The number of aliphatic hydroxyl groups excluding tert-OH is 1. The van der Waals surface area contributed by atoms with Crippen LogP contribution in [0.5, 0.6) is 5.75 Å². The molecule has 112 valence electrons.